The van der Waals surface area contributed by atoms with E-state index in [-0.39, 0.29) is 5.75 Å². The number of aromatic hydroxyl groups is 1. The highest BCUT2D eigenvalue weighted by Gasteiger charge is 2.07. The van der Waals surface area contributed by atoms with Gasteiger partial charge in [-0.3, -0.25) is 0 Å². The van der Waals surface area contributed by atoms with Crippen molar-refractivity contribution in [3.05, 3.63) is 28.8 Å². The standard InChI is InChI=1S/C13H21ClN2O/c1-15(2)8-5-9-16(3)10-11-6-4-7-12(14)13(11)17/h4,6-7,17H,5,8-10H2,1-3H3. The number of phenolic OH excluding ortho intramolecular Hbond substituents is 1. The number of hydrogen-bond donors (Lipinski definition) is 1. The Morgan fingerprint density at radius 1 is 1.18 bits per heavy atom. The smallest absolute Gasteiger partial charge is 0.138 e. The fraction of sp³-hybridized carbons (Fsp3) is 0.538. The minimum atomic E-state index is 0.202. The van der Waals surface area contributed by atoms with Crippen LogP contribution in [0.5, 0.6) is 5.75 Å². The molecular formula is C13H21ClN2O. The summed E-state index contributed by atoms with van der Waals surface area (Å²) < 4.78 is 0. The second-order valence-corrected chi connectivity index (χ2v) is 5.05. The van der Waals surface area contributed by atoms with Crippen molar-refractivity contribution in [1.29, 1.82) is 0 Å². The van der Waals surface area contributed by atoms with Crippen molar-refractivity contribution in [3.8, 4) is 5.75 Å². The zero-order valence-electron chi connectivity index (χ0n) is 10.8. The minimum absolute atomic E-state index is 0.202. The van der Waals surface area contributed by atoms with Crippen LogP contribution in [-0.2, 0) is 6.54 Å². The first kappa shape index (κ1) is 14.3. The molecule has 0 saturated carbocycles. The molecule has 1 aromatic carbocycles. The van der Waals surface area contributed by atoms with E-state index in [1.807, 2.05) is 12.1 Å². The van der Waals surface area contributed by atoms with E-state index in [0.717, 1.165) is 31.6 Å². The Morgan fingerprint density at radius 2 is 1.88 bits per heavy atom. The zero-order valence-corrected chi connectivity index (χ0v) is 11.5. The molecule has 0 atom stereocenters. The number of benzene rings is 1. The first-order chi connectivity index (χ1) is 8.00. The van der Waals surface area contributed by atoms with Crippen LogP contribution in [0.1, 0.15) is 12.0 Å². The zero-order chi connectivity index (χ0) is 12.8. The average molecular weight is 257 g/mol. The maximum atomic E-state index is 9.79. The Labute approximate surface area is 109 Å². The first-order valence-electron chi connectivity index (χ1n) is 5.80. The molecule has 0 aliphatic heterocycles. The van der Waals surface area contributed by atoms with Gasteiger partial charge in [-0.05, 0) is 46.7 Å². The maximum absolute atomic E-state index is 9.79. The number of para-hydroxylation sites is 1. The summed E-state index contributed by atoms with van der Waals surface area (Å²) >= 11 is 5.87. The summed E-state index contributed by atoms with van der Waals surface area (Å²) in [6.07, 6.45) is 1.12. The number of nitrogens with zero attached hydrogens (tertiary/aromatic N) is 2. The lowest BCUT2D eigenvalue weighted by molar-refractivity contribution is 0.291. The summed E-state index contributed by atoms with van der Waals surface area (Å²) in [7, 11) is 6.20. The third-order valence-corrected chi connectivity index (χ3v) is 2.96. The molecule has 1 rings (SSSR count). The molecule has 1 aromatic rings. The van der Waals surface area contributed by atoms with Gasteiger partial charge in [-0.2, -0.15) is 0 Å². The summed E-state index contributed by atoms with van der Waals surface area (Å²) in [6.45, 7) is 2.80. The van der Waals surface area contributed by atoms with Crippen molar-refractivity contribution in [1.82, 2.24) is 9.80 Å². The highest BCUT2D eigenvalue weighted by molar-refractivity contribution is 6.32. The molecule has 0 amide bonds. The molecule has 0 aliphatic carbocycles. The molecule has 96 valence electrons. The lowest BCUT2D eigenvalue weighted by Gasteiger charge is -2.18. The number of halogens is 1. The average Bonchev–Trinajstić information content (AvgIpc) is 2.24. The highest BCUT2D eigenvalue weighted by Crippen LogP contribution is 2.27. The van der Waals surface area contributed by atoms with E-state index in [2.05, 4.69) is 30.9 Å². The van der Waals surface area contributed by atoms with Gasteiger partial charge in [0.2, 0.25) is 0 Å². The second-order valence-electron chi connectivity index (χ2n) is 4.64. The van der Waals surface area contributed by atoms with Gasteiger partial charge in [0.25, 0.3) is 0 Å². The van der Waals surface area contributed by atoms with E-state index in [1.165, 1.54) is 0 Å². The molecule has 0 radical (unpaired) electrons. The second kappa shape index (κ2) is 6.84. The van der Waals surface area contributed by atoms with Crippen molar-refractivity contribution in [3.63, 3.8) is 0 Å². The number of hydrogen-bond acceptors (Lipinski definition) is 3. The minimum Gasteiger partial charge on any atom is -0.506 e. The predicted octanol–water partition coefficient (Wildman–Crippen LogP) is 2.43. The third kappa shape index (κ3) is 4.94. The molecule has 1 N–H and O–H groups in total. The molecule has 0 bridgehead atoms. The third-order valence-electron chi connectivity index (χ3n) is 2.66. The Morgan fingerprint density at radius 3 is 2.53 bits per heavy atom. The topological polar surface area (TPSA) is 26.7 Å². The van der Waals surface area contributed by atoms with Crippen LogP contribution in [0.3, 0.4) is 0 Å². The molecule has 0 heterocycles. The van der Waals surface area contributed by atoms with Gasteiger partial charge in [-0.25, -0.2) is 0 Å². The van der Waals surface area contributed by atoms with Gasteiger partial charge < -0.3 is 14.9 Å². The lowest BCUT2D eigenvalue weighted by atomic mass is 10.2. The van der Waals surface area contributed by atoms with Crippen LogP contribution in [0, 0.1) is 0 Å². The summed E-state index contributed by atoms with van der Waals surface area (Å²) in [5.41, 5.74) is 0.879. The molecule has 4 heteroatoms. The SMILES string of the molecule is CN(C)CCCN(C)Cc1cccc(Cl)c1O. The van der Waals surface area contributed by atoms with Crippen molar-refractivity contribution >= 4 is 11.6 Å². The van der Waals surface area contributed by atoms with Gasteiger partial charge in [-0.15, -0.1) is 0 Å². The van der Waals surface area contributed by atoms with E-state index in [4.69, 9.17) is 11.6 Å². The Balaban J connectivity index is 2.45. The lowest BCUT2D eigenvalue weighted by Crippen LogP contribution is -2.23. The van der Waals surface area contributed by atoms with Crippen LogP contribution in [0.15, 0.2) is 18.2 Å². The quantitative estimate of drug-likeness (QED) is 0.847. The molecule has 3 nitrogen and oxygen atoms in total. The molecule has 0 fully saturated rings. The molecule has 0 aromatic heterocycles. The fourth-order valence-electron chi connectivity index (χ4n) is 1.71. The first-order valence-corrected chi connectivity index (χ1v) is 6.18. The summed E-state index contributed by atoms with van der Waals surface area (Å²) in [4.78, 5) is 4.36. The predicted molar refractivity (Wildman–Crippen MR) is 72.6 cm³/mol. The van der Waals surface area contributed by atoms with Crippen LogP contribution < -0.4 is 0 Å². The van der Waals surface area contributed by atoms with Crippen molar-refractivity contribution < 1.29 is 5.11 Å². The molecule has 17 heavy (non-hydrogen) atoms. The summed E-state index contributed by atoms with van der Waals surface area (Å²) in [6, 6.07) is 5.47. The summed E-state index contributed by atoms with van der Waals surface area (Å²) in [5.74, 6) is 0.202. The Kier molecular flexibility index (Phi) is 5.75. The maximum Gasteiger partial charge on any atom is 0.138 e. The van der Waals surface area contributed by atoms with Crippen LogP contribution in [-0.4, -0.2) is 49.1 Å². The van der Waals surface area contributed by atoms with Crippen molar-refractivity contribution in [2.75, 3.05) is 34.2 Å². The van der Waals surface area contributed by atoms with Gasteiger partial charge in [0.1, 0.15) is 5.75 Å². The molecule has 0 saturated heterocycles. The number of rotatable bonds is 6. The van der Waals surface area contributed by atoms with Gasteiger partial charge in [0, 0.05) is 12.1 Å². The monoisotopic (exact) mass is 256 g/mol. The van der Waals surface area contributed by atoms with Crippen LogP contribution in [0.25, 0.3) is 0 Å². The largest absolute Gasteiger partial charge is 0.506 e. The van der Waals surface area contributed by atoms with Gasteiger partial charge in [0.05, 0.1) is 5.02 Å². The normalized spacial score (nSPS) is 11.4. The summed E-state index contributed by atoms with van der Waals surface area (Å²) in [5, 5.41) is 10.2. The van der Waals surface area contributed by atoms with Crippen LogP contribution in [0.4, 0.5) is 0 Å². The molecule has 0 unspecified atom stereocenters. The van der Waals surface area contributed by atoms with Gasteiger partial charge in [-0.1, -0.05) is 23.7 Å². The van der Waals surface area contributed by atoms with Crippen molar-refractivity contribution in [2.45, 2.75) is 13.0 Å². The van der Waals surface area contributed by atoms with E-state index >= 15 is 0 Å². The Bertz CT molecular complexity index is 355. The molecule has 0 aliphatic rings. The van der Waals surface area contributed by atoms with Crippen molar-refractivity contribution in [2.24, 2.45) is 0 Å². The van der Waals surface area contributed by atoms with Crippen LogP contribution >= 0.6 is 11.6 Å². The van der Waals surface area contributed by atoms with E-state index in [9.17, 15) is 5.11 Å². The van der Waals surface area contributed by atoms with Gasteiger partial charge in [0.15, 0.2) is 0 Å². The molecule has 0 spiro atoms. The Hall–Kier alpha value is -0.770. The van der Waals surface area contributed by atoms with E-state index in [0.29, 0.717) is 5.02 Å². The van der Waals surface area contributed by atoms with E-state index < -0.39 is 0 Å². The van der Waals surface area contributed by atoms with Gasteiger partial charge >= 0.3 is 0 Å². The number of phenols is 1. The van der Waals surface area contributed by atoms with Crippen LogP contribution in [0.2, 0.25) is 5.02 Å². The van der Waals surface area contributed by atoms with E-state index in [1.54, 1.807) is 6.07 Å². The molecular weight excluding hydrogens is 236 g/mol. The highest BCUT2D eigenvalue weighted by atomic mass is 35.5. The fourth-order valence-corrected chi connectivity index (χ4v) is 1.91.